The molecule has 2 N–H and O–H groups in total. The van der Waals surface area contributed by atoms with Gasteiger partial charge in [-0.1, -0.05) is 18.5 Å². The molecule has 1 unspecified atom stereocenters. The molecule has 0 radical (unpaired) electrons. The first-order valence-corrected chi connectivity index (χ1v) is 5.66. The Balaban J connectivity index is 2.57. The highest BCUT2D eigenvalue weighted by atomic mass is 35.5. The lowest BCUT2D eigenvalue weighted by atomic mass is 10.1. The maximum absolute atomic E-state index is 9.06. The minimum atomic E-state index is 0.232. The molecule has 0 aliphatic carbocycles. The number of nitrogens with one attached hydrogen (secondary N) is 1. The van der Waals surface area contributed by atoms with Crippen molar-refractivity contribution >= 4 is 17.3 Å². The molecule has 1 aromatic rings. The minimum absolute atomic E-state index is 0.232. The van der Waals surface area contributed by atoms with E-state index in [1.807, 2.05) is 25.1 Å². The molecule has 0 spiro atoms. The van der Waals surface area contributed by atoms with Crippen LogP contribution in [0.3, 0.4) is 0 Å². The van der Waals surface area contributed by atoms with Crippen LogP contribution >= 0.6 is 11.6 Å². The van der Waals surface area contributed by atoms with Gasteiger partial charge in [0.05, 0.1) is 0 Å². The van der Waals surface area contributed by atoms with Gasteiger partial charge in [0.25, 0.3) is 0 Å². The summed E-state index contributed by atoms with van der Waals surface area (Å²) in [5, 5.41) is 13.1. The standard InChI is InChI=1S/C12H18ClNO/c1-3-10(8-15)7-14-12-5-4-11(13)6-9(12)2/h4-6,10,14-15H,3,7-8H2,1-2H3. The Morgan fingerprint density at radius 3 is 2.73 bits per heavy atom. The number of aliphatic hydroxyl groups is 1. The van der Waals surface area contributed by atoms with Crippen molar-refractivity contribution in [3.05, 3.63) is 28.8 Å². The van der Waals surface area contributed by atoms with Gasteiger partial charge in [0.2, 0.25) is 0 Å². The second kappa shape index (κ2) is 5.99. The van der Waals surface area contributed by atoms with Gasteiger partial charge in [-0.2, -0.15) is 0 Å². The maximum Gasteiger partial charge on any atom is 0.0475 e. The van der Waals surface area contributed by atoms with Gasteiger partial charge < -0.3 is 10.4 Å². The molecular weight excluding hydrogens is 210 g/mol. The molecule has 1 rings (SSSR count). The number of anilines is 1. The highest BCUT2D eigenvalue weighted by molar-refractivity contribution is 6.30. The van der Waals surface area contributed by atoms with Gasteiger partial charge in [-0.3, -0.25) is 0 Å². The molecule has 15 heavy (non-hydrogen) atoms. The molecule has 0 saturated carbocycles. The number of benzene rings is 1. The first kappa shape index (κ1) is 12.3. The number of aryl methyl sites for hydroxylation is 1. The molecule has 0 aromatic heterocycles. The molecule has 2 nitrogen and oxygen atoms in total. The van der Waals surface area contributed by atoms with Crippen molar-refractivity contribution in [2.75, 3.05) is 18.5 Å². The summed E-state index contributed by atoms with van der Waals surface area (Å²) in [6.45, 7) is 5.14. The summed E-state index contributed by atoms with van der Waals surface area (Å²) in [4.78, 5) is 0. The minimum Gasteiger partial charge on any atom is -0.396 e. The summed E-state index contributed by atoms with van der Waals surface area (Å²) < 4.78 is 0. The Bertz CT molecular complexity index is 310. The van der Waals surface area contributed by atoms with E-state index in [0.29, 0.717) is 5.92 Å². The number of halogens is 1. The Morgan fingerprint density at radius 2 is 2.20 bits per heavy atom. The van der Waals surface area contributed by atoms with E-state index in [-0.39, 0.29) is 6.61 Å². The first-order chi connectivity index (χ1) is 7.17. The van der Waals surface area contributed by atoms with Gasteiger partial charge in [-0.25, -0.2) is 0 Å². The summed E-state index contributed by atoms with van der Waals surface area (Å²) in [6, 6.07) is 5.78. The van der Waals surface area contributed by atoms with Crippen LogP contribution in [0.15, 0.2) is 18.2 Å². The van der Waals surface area contributed by atoms with Crippen LogP contribution < -0.4 is 5.32 Å². The Morgan fingerprint density at radius 1 is 1.47 bits per heavy atom. The molecule has 0 fully saturated rings. The van der Waals surface area contributed by atoms with Gasteiger partial charge in [-0.05, 0) is 43.0 Å². The fourth-order valence-corrected chi connectivity index (χ4v) is 1.64. The smallest absolute Gasteiger partial charge is 0.0475 e. The van der Waals surface area contributed by atoms with E-state index in [4.69, 9.17) is 16.7 Å². The van der Waals surface area contributed by atoms with Crippen molar-refractivity contribution in [1.29, 1.82) is 0 Å². The lowest BCUT2D eigenvalue weighted by molar-refractivity contribution is 0.230. The Kier molecular flexibility index (Phi) is 4.92. The van der Waals surface area contributed by atoms with E-state index in [1.165, 1.54) is 0 Å². The zero-order valence-corrected chi connectivity index (χ0v) is 10.0. The fraction of sp³-hybridized carbons (Fsp3) is 0.500. The van der Waals surface area contributed by atoms with Crippen LogP contribution in [0.1, 0.15) is 18.9 Å². The van der Waals surface area contributed by atoms with Gasteiger partial charge in [-0.15, -0.1) is 0 Å². The van der Waals surface area contributed by atoms with Crippen LogP contribution in [0.4, 0.5) is 5.69 Å². The molecule has 0 bridgehead atoms. The quantitative estimate of drug-likeness (QED) is 0.811. The maximum atomic E-state index is 9.06. The number of hydrogen-bond acceptors (Lipinski definition) is 2. The number of hydrogen-bond donors (Lipinski definition) is 2. The average molecular weight is 228 g/mol. The molecule has 3 heteroatoms. The third-order valence-corrected chi connectivity index (χ3v) is 2.84. The SMILES string of the molecule is CCC(CO)CNc1ccc(Cl)cc1C. The van der Waals surface area contributed by atoms with E-state index in [0.717, 1.165) is 29.2 Å². The van der Waals surface area contributed by atoms with Crippen molar-refractivity contribution in [3.63, 3.8) is 0 Å². The first-order valence-electron chi connectivity index (χ1n) is 5.28. The molecule has 84 valence electrons. The van der Waals surface area contributed by atoms with Crippen molar-refractivity contribution in [3.8, 4) is 0 Å². The van der Waals surface area contributed by atoms with Crippen LogP contribution in [0.5, 0.6) is 0 Å². The van der Waals surface area contributed by atoms with Gasteiger partial charge in [0.1, 0.15) is 0 Å². The lowest BCUT2D eigenvalue weighted by Gasteiger charge is -2.15. The third-order valence-electron chi connectivity index (χ3n) is 2.61. The van der Waals surface area contributed by atoms with E-state index in [2.05, 4.69) is 12.2 Å². The highest BCUT2D eigenvalue weighted by Gasteiger charge is 2.05. The van der Waals surface area contributed by atoms with Crippen molar-refractivity contribution in [2.45, 2.75) is 20.3 Å². The van der Waals surface area contributed by atoms with Crippen LogP contribution in [-0.2, 0) is 0 Å². The largest absolute Gasteiger partial charge is 0.396 e. The summed E-state index contributed by atoms with van der Waals surface area (Å²) in [7, 11) is 0. The molecule has 1 atom stereocenters. The second-order valence-electron chi connectivity index (χ2n) is 3.80. The summed E-state index contributed by atoms with van der Waals surface area (Å²) >= 11 is 5.87. The monoisotopic (exact) mass is 227 g/mol. The molecule has 0 heterocycles. The molecule has 0 aliphatic rings. The normalized spacial score (nSPS) is 12.5. The lowest BCUT2D eigenvalue weighted by Crippen LogP contribution is -2.17. The summed E-state index contributed by atoms with van der Waals surface area (Å²) in [6.07, 6.45) is 0.982. The van der Waals surface area contributed by atoms with Crippen LogP contribution in [0.2, 0.25) is 5.02 Å². The summed E-state index contributed by atoms with van der Waals surface area (Å²) in [5.41, 5.74) is 2.22. The third kappa shape index (κ3) is 3.73. The Hall–Kier alpha value is -0.730. The predicted octanol–water partition coefficient (Wildman–Crippen LogP) is 3.08. The fourth-order valence-electron chi connectivity index (χ4n) is 1.42. The van der Waals surface area contributed by atoms with Crippen molar-refractivity contribution < 1.29 is 5.11 Å². The Labute approximate surface area is 96.3 Å². The predicted molar refractivity (Wildman–Crippen MR) is 65.5 cm³/mol. The van der Waals surface area contributed by atoms with Crippen molar-refractivity contribution in [1.82, 2.24) is 0 Å². The number of aliphatic hydroxyl groups excluding tert-OH is 1. The van der Waals surface area contributed by atoms with E-state index in [9.17, 15) is 0 Å². The number of rotatable bonds is 5. The van der Waals surface area contributed by atoms with E-state index >= 15 is 0 Å². The average Bonchev–Trinajstić information content (AvgIpc) is 2.22. The zero-order chi connectivity index (χ0) is 11.3. The van der Waals surface area contributed by atoms with E-state index < -0.39 is 0 Å². The zero-order valence-electron chi connectivity index (χ0n) is 9.26. The highest BCUT2D eigenvalue weighted by Crippen LogP contribution is 2.19. The molecule has 0 saturated heterocycles. The van der Waals surface area contributed by atoms with Crippen LogP contribution in [-0.4, -0.2) is 18.3 Å². The summed E-state index contributed by atoms with van der Waals surface area (Å²) in [5.74, 6) is 0.320. The topological polar surface area (TPSA) is 32.3 Å². The molecular formula is C12H18ClNO. The van der Waals surface area contributed by atoms with E-state index in [1.54, 1.807) is 0 Å². The van der Waals surface area contributed by atoms with Crippen molar-refractivity contribution in [2.24, 2.45) is 5.92 Å². The molecule has 1 aromatic carbocycles. The van der Waals surface area contributed by atoms with Crippen LogP contribution in [0.25, 0.3) is 0 Å². The second-order valence-corrected chi connectivity index (χ2v) is 4.23. The van der Waals surface area contributed by atoms with Gasteiger partial charge >= 0.3 is 0 Å². The molecule has 0 amide bonds. The van der Waals surface area contributed by atoms with Crippen LogP contribution in [0, 0.1) is 12.8 Å². The van der Waals surface area contributed by atoms with Gasteiger partial charge in [0, 0.05) is 23.9 Å². The van der Waals surface area contributed by atoms with Gasteiger partial charge in [0.15, 0.2) is 0 Å². The molecule has 0 aliphatic heterocycles.